The van der Waals surface area contributed by atoms with Gasteiger partial charge in [-0.25, -0.2) is 0 Å². The van der Waals surface area contributed by atoms with Crippen LogP contribution < -0.4 is 5.73 Å². The number of rotatable bonds is 1. The summed E-state index contributed by atoms with van der Waals surface area (Å²) in [4.78, 5) is 2.37. The van der Waals surface area contributed by atoms with Crippen LogP contribution in [0.5, 0.6) is 0 Å². The van der Waals surface area contributed by atoms with Gasteiger partial charge >= 0.3 is 0 Å². The fourth-order valence-corrected chi connectivity index (χ4v) is 2.44. The summed E-state index contributed by atoms with van der Waals surface area (Å²) in [6.45, 7) is 5.97. The molecule has 0 aromatic rings. The highest BCUT2D eigenvalue weighted by Crippen LogP contribution is 2.38. The molecule has 3 rings (SSSR count). The predicted octanol–water partition coefficient (Wildman–Crippen LogP) is 0.154. The van der Waals surface area contributed by atoms with Gasteiger partial charge in [0.15, 0.2) is 0 Å². The van der Waals surface area contributed by atoms with Gasteiger partial charge in [0.05, 0.1) is 18.9 Å². The average Bonchev–Trinajstić information content (AvgIpc) is 1.85. The topological polar surface area (TPSA) is 38.5 Å². The predicted molar refractivity (Wildman–Crippen MR) is 43.1 cm³/mol. The Morgan fingerprint density at radius 1 is 1.64 bits per heavy atom. The molecule has 3 fully saturated rings. The van der Waals surface area contributed by atoms with E-state index in [0.29, 0.717) is 18.7 Å². The number of hydrogen-bond donors (Lipinski definition) is 1. The molecule has 0 saturated carbocycles. The lowest BCUT2D eigenvalue weighted by Crippen LogP contribution is -2.78. The Bertz CT molecular complexity index is 167. The van der Waals surface area contributed by atoms with Crippen molar-refractivity contribution in [3.63, 3.8) is 0 Å². The standard InChI is InChI=1S/C8H16N2O/c1-6(2)10-7-3-8(10,9)5-11-4-7/h6-7H,3-5,9H2,1-2H3/t7-,8+/m0/s1. The van der Waals surface area contributed by atoms with Crippen molar-refractivity contribution in [3.05, 3.63) is 0 Å². The molecule has 3 aliphatic rings. The van der Waals surface area contributed by atoms with Gasteiger partial charge in [-0.3, -0.25) is 4.90 Å². The minimum atomic E-state index is -0.128. The third kappa shape index (κ3) is 0.916. The lowest BCUT2D eigenvalue weighted by Gasteiger charge is -2.61. The van der Waals surface area contributed by atoms with Crippen LogP contribution in [0.4, 0.5) is 0 Å². The molecule has 3 nitrogen and oxygen atoms in total. The van der Waals surface area contributed by atoms with Gasteiger partial charge in [0, 0.05) is 12.1 Å². The summed E-state index contributed by atoms with van der Waals surface area (Å²) in [5.74, 6) is 0. The largest absolute Gasteiger partial charge is 0.376 e. The van der Waals surface area contributed by atoms with Crippen LogP contribution in [0.1, 0.15) is 20.3 Å². The SMILES string of the molecule is CC(C)N1[C@@H]2COC[C@@]1(N)C2. The van der Waals surface area contributed by atoms with Crippen LogP contribution in [0, 0.1) is 0 Å². The molecule has 2 bridgehead atoms. The first-order chi connectivity index (χ1) is 5.13. The number of hydrogen-bond acceptors (Lipinski definition) is 3. The highest BCUT2D eigenvalue weighted by atomic mass is 16.5. The van der Waals surface area contributed by atoms with Crippen LogP contribution in [0.2, 0.25) is 0 Å². The number of nitrogens with two attached hydrogens (primary N) is 1. The zero-order valence-electron chi connectivity index (χ0n) is 7.21. The summed E-state index contributed by atoms with van der Waals surface area (Å²) in [5.41, 5.74) is 5.96. The number of ether oxygens (including phenoxy) is 1. The lowest BCUT2D eigenvalue weighted by molar-refractivity contribution is -0.201. The third-order valence-corrected chi connectivity index (χ3v) is 2.72. The van der Waals surface area contributed by atoms with E-state index in [9.17, 15) is 0 Å². The lowest BCUT2D eigenvalue weighted by atomic mass is 9.83. The Hall–Kier alpha value is -0.120. The van der Waals surface area contributed by atoms with E-state index in [0.717, 1.165) is 13.0 Å². The fraction of sp³-hybridized carbons (Fsp3) is 1.00. The summed E-state index contributed by atoms with van der Waals surface area (Å²) in [7, 11) is 0. The maximum Gasteiger partial charge on any atom is 0.0949 e. The van der Waals surface area contributed by atoms with Crippen LogP contribution in [0.15, 0.2) is 0 Å². The summed E-state index contributed by atoms with van der Waals surface area (Å²) in [6.07, 6.45) is 1.12. The Balaban J connectivity index is 2.11. The van der Waals surface area contributed by atoms with Crippen LogP contribution in [0.25, 0.3) is 0 Å². The van der Waals surface area contributed by atoms with Gasteiger partial charge in [-0.15, -0.1) is 0 Å². The molecule has 2 atom stereocenters. The van der Waals surface area contributed by atoms with E-state index in [2.05, 4.69) is 18.7 Å². The van der Waals surface area contributed by atoms with Gasteiger partial charge in [-0.05, 0) is 20.3 Å². The quantitative estimate of drug-likeness (QED) is 0.587. The van der Waals surface area contributed by atoms with Crippen molar-refractivity contribution >= 4 is 0 Å². The molecule has 0 amide bonds. The first-order valence-corrected chi connectivity index (χ1v) is 4.28. The highest BCUT2D eigenvalue weighted by Gasteiger charge is 2.53. The molecule has 2 N–H and O–H groups in total. The Morgan fingerprint density at radius 3 is 2.73 bits per heavy atom. The van der Waals surface area contributed by atoms with Crippen molar-refractivity contribution in [1.29, 1.82) is 0 Å². The molecule has 11 heavy (non-hydrogen) atoms. The molecule has 3 aliphatic heterocycles. The Kier molecular flexibility index (Phi) is 1.50. The van der Waals surface area contributed by atoms with E-state index >= 15 is 0 Å². The second-order valence-corrected chi connectivity index (χ2v) is 3.98. The Labute approximate surface area is 67.5 Å². The van der Waals surface area contributed by atoms with Gasteiger partial charge < -0.3 is 10.5 Å². The van der Waals surface area contributed by atoms with Crippen molar-refractivity contribution in [2.45, 2.75) is 38.0 Å². The molecule has 3 heteroatoms. The van der Waals surface area contributed by atoms with Crippen LogP contribution in [-0.2, 0) is 4.74 Å². The first-order valence-electron chi connectivity index (χ1n) is 4.28. The van der Waals surface area contributed by atoms with Crippen molar-refractivity contribution in [3.8, 4) is 0 Å². The molecule has 0 radical (unpaired) electrons. The van der Waals surface area contributed by atoms with Crippen LogP contribution >= 0.6 is 0 Å². The summed E-state index contributed by atoms with van der Waals surface area (Å²) >= 11 is 0. The normalized spacial score (nSPS) is 44.2. The van der Waals surface area contributed by atoms with E-state index < -0.39 is 0 Å². The fourth-order valence-electron chi connectivity index (χ4n) is 2.44. The van der Waals surface area contributed by atoms with Crippen LogP contribution in [0.3, 0.4) is 0 Å². The van der Waals surface area contributed by atoms with Crippen molar-refractivity contribution in [1.82, 2.24) is 4.90 Å². The van der Waals surface area contributed by atoms with E-state index in [1.54, 1.807) is 0 Å². The number of fused-ring (bicyclic) bond motifs is 2. The van der Waals surface area contributed by atoms with Gasteiger partial charge in [0.25, 0.3) is 0 Å². The van der Waals surface area contributed by atoms with Crippen molar-refractivity contribution in [2.24, 2.45) is 5.73 Å². The smallest absolute Gasteiger partial charge is 0.0949 e. The molecule has 0 spiro atoms. The number of nitrogens with zero attached hydrogens (tertiary/aromatic N) is 1. The van der Waals surface area contributed by atoms with Gasteiger partial charge in [-0.2, -0.15) is 0 Å². The molecule has 3 heterocycles. The maximum absolute atomic E-state index is 6.09. The maximum atomic E-state index is 6.09. The van der Waals surface area contributed by atoms with Crippen molar-refractivity contribution in [2.75, 3.05) is 13.2 Å². The van der Waals surface area contributed by atoms with Gasteiger partial charge in [0.2, 0.25) is 0 Å². The minimum Gasteiger partial charge on any atom is -0.376 e. The van der Waals surface area contributed by atoms with E-state index in [4.69, 9.17) is 10.5 Å². The molecular weight excluding hydrogens is 140 g/mol. The second kappa shape index (κ2) is 2.19. The van der Waals surface area contributed by atoms with E-state index in [1.807, 2.05) is 0 Å². The highest BCUT2D eigenvalue weighted by molar-refractivity contribution is 5.06. The third-order valence-electron chi connectivity index (χ3n) is 2.72. The molecule has 64 valence electrons. The molecule has 0 aliphatic carbocycles. The Morgan fingerprint density at radius 2 is 2.36 bits per heavy atom. The second-order valence-electron chi connectivity index (χ2n) is 3.98. The molecule has 0 aromatic carbocycles. The summed E-state index contributed by atoms with van der Waals surface area (Å²) < 4.78 is 5.35. The van der Waals surface area contributed by atoms with Gasteiger partial charge in [0.1, 0.15) is 0 Å². The monoisotopic (exact) mass is 156 g/mol. The summed E-state index contributed by atoms with van der Waals surface area (Å²) in [6, 6.07) is 1.15. The van der Waals surface area contributed by atoms with E-state index in [1.165, 1.54) is 0 Å². The van der Waals surface area contributed by atoms with Gasteiger partial charge in [-0.1, -0.05) is 0 Å². The first kappa shape index (κ1) is 7.53. The van der Waals surface area contributed by atoms with Crippen molar-refractivity contribution < 1.29 is 4.74 Å². The van der Waals surface area contributed by atoms with E-state index in [-0.39, 0.29) is 5.66 Å². The number of morpholine rings is 1. The molecular formula is C8H16N2O. The molecule has 0 unspecified atom stereocenters. The average molecular weight is 156 g/mol. The summed E-state index contributed by atoms with van der Waals surface area (Å²) in [5, 5.41) is 0. The molecule has 3 saturated heterocycles. The molecule has 0 aromatic heterocycles. The minimum absolute atomic E-state index is 0.128. The zero-order chi connectivity index (χ0) is 8.06. The van der Waals surface area contributed by atoms with Crippen LogP contribution in [-0.4, -0.2) is 35.9 Å². The zero-order valence-corrected chi connectivity index (χ0v) is 7.21.